The Hall–Kier alpha value is -1.86. The molecule has 7 heteroatoms. The quantitative estimate of drug-likeness (QED) is 0.848. The van der Waals surface area contributed by atoms with E-state index in [1.54, 1.807) is 7.11 Å². The van der Waals surface area contributed by atoms with Gasteiger partial charge in [0.15, 0.2) is 5.13 Å². The lowest BCUT2D eigenvalue weighted by molar-refractivity contribution is 0.157. The van der Waals surface area contributed by atoms with E-state index >= 15 is 0 Å². The summed E-state index contributed by atoms with van der Waals surface area (Å²) in [4.78, 5) is 18.9. The van der Waals surface area contributed by atoms with E-state index in [2.05, 4.69) is 17.2 Å². The van der Waals surface area contributed by atoms with Crippen molar-refractivity contribution in [3.8, 4) is 0 Å². The molecule has 1 aliphatic rings. The maximum Gasteiger partial charge on any atom is 0.324 e. The minimum absolute atomic E-state index is 0.0225. The van der Waals surface area contributed by atoms with Gasteiger partial charge < -0.3 is 14.1 Å². The van der Waals surface area contributed by atoms with Gasteiger partial charge in [-0.1, -0.05) is 13.3 Å². The van der Waals surface area contributed by atoms with Crippen molar-refractivity contribution >= 4 is 22.5 Å². The SMILES string of the molecule is CCCc1csc(NC(=O)N2CCCC2c2ccc(COC)o2)n1. The number of nitrogens with zero attached hydrogens (tertiary/aromatic N) is 2. The molecule has 2 aromatic heterocycles. The highest BCUT2D eigenvalue weighted by Gasteiger charge is 2.32. The molecule has 0 saturated carbocycles. The number of nitrogens with one attached hydrogen (secondary N) is 1. The average molecular weight is 349 g/mol. The molecule has 0 radical (unpaired) electrons. The number of urea groups is 1. The van der Waals surface area contributed by atoms with E-state index in [4.69, 9.17) is 9.15 Å². The maximum atomic E-state index is 12.6. The highest BCUT2D eigenvalue weighted by atomic mass is 32.1. The lowest BCUT2D eigenvalue weighted by atomic mass is 10.2. The molecular weight excluding hydrogens is 326 g/mol. The number of thiazole rings is 1. The topological polar surface area (TPSA) is 67.6 Å². The van der Waals surface area contributed by atoms with Gasteiger partial charge in [-0.2, -0.15) is 0 Å². The molecule has 1 unspecified atom stereocenters. The van der Waals surface area contributed by atoms with Gasteiger partial charge in [0.05, 0.1) is 11.7 Å². The smallest absolute Gasteiger partial charge is 0.324 e. The van der Waals surface area contributed by atoms with Crippen LogP contribution in [0.15, 0.2) is 21.9 Å². The van der Waals surface area contributed by atoms with Gasteiger partial charge in [-0.05, 0) is 31.4 Å². The normalized spacial score (nSPS) is 17.4. The minimum atomic E-state index is -0.111. The van der Waals surface area contributed by atoms with Gasteiger partial charge in [-0.15, -0.1) is 11.3 Å². The number of ether oxygens (including phenoxy) is 1. The fourth-order valence-corrected chi connectivity index (χ4v) is 3.73. The highest BCUT2D eigenvalue weighted by molar-refractivity contribution is 7.13. The standard InChI is InChI=1S/C17H23N3O3S/c1-3-5-12-11-24-16(18-12)19-17(21)20-9-4-6-14(20)15-8-7-13(23-15)10-22-2/h7-8,11,14H,3-6,9-10H2,1-2H3,(H,18,19,21). The largest absolute Gasteiger partial charge is 0.461 e. The van der Waals surface area contributed by atoms with Crippen molar-refractivity contribution in [2.24, 2.45) is 0 Å². The Kier molecular flexibility index (Phi) is 5.52. The molecule has 2 aromatic rings. The first-order chi connectivity index (χ1) is 11.7. The summed E-state index contributed by atoms with van der Waals surface area (Å²) in [7, 11) is 1.64. The summed E-state index contributed by atoms with van der Waals surface area (Å²) in [6.07, 6.45) is 3.87. The average Bonchev–Trinajstić information content (AvgIpc) is 3.27. The minimum Gasteiger partial charge on any atom is -0.461 e. The number of aryl methyl sites for hydroxylation is 1. The lowest BCUT2D eigenvalue weighted by Gasteiger charge is -2.22. The second-order valence-corrected chi connectivity index (χ2v) is 6.77. The molecule has 1 N–H and O–H groups in total. The first-order valence-corrected chi connectivity index (χ1v) is 9.18. The number of rotatable bonds is 6. The second-order valence-electron chi connectivity index (χ2n) is 5.91. The number of carbonyl (C=O) groups is 1. The van der Waals surface area contributed by atoms with E-state index in [1.165, 1.54) is 11.3 Å². The molecule has 1 atom stereocenters. The Bertz CT molecular complexity index is 682. The van der Waals surface area contributed by atoms with Crippen molar-refractivity contribution in [1.82, 2.24) is 9.88 Å². The summed E-state index contributed by atoms with van der Waals surface area (Å²) in [5.74, 6) is 1.60. The lowest BCUT2D eigenvalue weighted by Crippen LogP contribution is -2.34. The number of likely N-dealkylation sites (tertiary alicyclic amines) is 1. The molecule has 6 nitrogen and oxygen atoms in total. The number of hydrogen-bond donors (Lipinski definition) is 1. The Morgan fingerprint density at radius 1 is 1.54 bits per heavy atom. The number of amides is 2. The van der Waals surface area contributed by atoms with Crippen molar-refractivity contribution in [3.05, 3.63) is 34.7 Å². The van der Waals surface area contributed by atoms with Gasteiger partial charge in [0, 0.05) is 19.0 Å². The summed E-state index contributed by atoms with van der Waals surface area (Å²) in [6.45, 7) is 3.29. The summed E-state index contributed by atoms with van der Waals surface area (Å²) < 4.78 is 10.9. The molecule has 1 saturated heterocycles. The predicted octanol–water partition coefficient (Wildman–Crippen LogP) is 4.20. The molecule has 0 aliphatic carbocycles. The van der Waals surface area contributed by atoms with Crippen LogP contribution in [0.25, 0.3) is 0 Å². The maximum absolute atomic E-state index is 12.6. The molecule has 0 aromatic carbocycles. The third-order valence-electron chi connectivity index (χ3n) is 4.08. The molecule has 130 valence electrons. The van der Waals surface area contributed by atoms with Crippen LogP contribution in [0.3, 0.4) is 0 Å². The Morgan fingerprint density at radius 3 is 3.21 bits per heavy atom. The van der Waals surface area contributed by atoms with Crippen LogP contribution in [0, 0.1) is 0 Å². The van der Waals surface area contributed by atoms with E-state index in [0.717, 1.165) is 49.4 Å². The van der Waals surface area contributed by atoms with E-state index < -0.39 is 0 Å². The molecule has 3 rings (SSSR count). The second kappa shape index (κ2) is 7.81. The van der Waals surface area contributed by atoms with Gasteiger partial charge in [-0.25, -0.2) is 9.78 Å². The number of hydrogen-bond acceptors (Lipinski definition) is 5. The summed E-state index contributed by atoms with van der Waals surface area (Å²) in [5, 5.41) is 5.59. The zero-order valence-corrected chi connectivity index (χ0v) is 14.9. The number of furan rings is 1. The monoisotopic (exact) mass is 349 g/mol. The van der Waals surface area contributed by atoms with E-state index in [0.29, 0.717) is 11.7 Å². The summed E-state index contributed by atoms with van der Waals surface area (Å²) in [5.41, 5.74) is 1.03. The van der Waals surface area contributed by atoms with E-state index in [-0.39, 0.29) is 12.1 Å². The van der Waals surface area contributed by atoms with Crippen molar-refractivity contribution in [3.63, 3.8) is 0 Å². The van der Waals surface area contributed by atoms with Crippen molar-refractivity contribution in [1.29, 1.82) is 0 Å². The molecule has 1 aliphatic heterocycles. The van der Waals surface area contributed by atoms with Gasteiger partial charge in [0.2, 0.25) is 0 Å². The number of aromatic nitrogens is 1. The molecule has 24 heavy (non-hydrogen) atoms. The van der Waals surface area contributed by atoms with Crippen LogP contribution in [0.5, 0.6) is 0 Å². The predicted molar refractivity (Wildman–Crippen MR) is 93.2 cm³/mol. The van der Waals surface area contributed by atoms with Crippen molar-refractivity contribution in [2.45, 2.75) is 45.3 Å². The van der Waals surface area contributed by atoms with Crippen LogP contribution >= 0.6 is 11.3 Å². The van der Waals surface area contributed by atoms with Crippen LogP contribution in [-0.4, -0.2) is 29.6 Å². The van der Waals surface area contributed by atoms with Gasteiger partial charge in [0.1, 0.15) is 18.1 Å². The van der Waals surface area contributed by atoms with Crippen molar-refractivity contribution in [2.75, 3.05) is 19.0 Å². The fourth-order valence-electron chi connectivity index (χ4n) is 3.00. The zero-order valence-electron chi connectivity index (χ0n) is 14.1. The van der Waals surface area contributed by atoms with Gasteiger partial charge in [-0.3, -0.25) is 5.32 Å². The molecule has 1 fully saturated rings. The Morgan fingerprint density at radius 2 is 2.42 bits per heavy atom. The fraction of sp³-hybridized carbons (Fsp3) is 0.529. The van der Waals surface area contributed by atoms with Gasteiger partial charge >= 0.3 is 6.03 Å². The third kappa shape index (κ3) is 3.79. The Balaban J connectivity index is 1.66. The molecule has 0 bridgehead atoms. The van der Waals surface area contributed by atoms with Gasteiger partial charge in [0.25, 0.3) is 0 Å². The molecule has 3 heterocycles. The van der Waals surface area contributed by atoms with Crippen LogP contribution in [0.2, 0.25) is 0 Å². The first-order valence-electron chi connectivity index (χ1n) is 8.30. The molecule has 2 amide bonds. The molecule has 0 spiro atoms. The molecular formula is C17H23N3O3S. The zero-order chi connectivity index (χ0) is 16.9. The summed E-state index contributed by atoms with van der Waals surface area (Å²) in [6, 6.07) is 3.71. The van der Waals surface area contributed by atoms with Crippen LogP contribution in [0.4, 0.5) is 9.93 Å². The van der Waals surface area contributed by atoms with E-state index in [9.17, 15) is 4.79 Å². The third-order valence-corrected chi connectivity index (χ3v) is 4.89. The number of methoxy groups -OCH3 is 1. The van der Waals surface area contributed by atoms with Crippen LogP contribution in [-0.2, 0) is 17.8 Å². The van der Waals surface area contributed by atoms with E-state index in [1.807, 2.05) is 22.4 Å². The summed E-state index contributed by atoms with van der Waals surface area (Å²) >= 11 is 1.47. The number of anilines is 1. The first kappa shape index (κ1) is 17.0. The number of carbonyl (C=O) groups excluding carboxylic acids is 1. The van der Waals surface area contributed by atoms with Crippen LogP contribution in [0.1, 0.15) is 49.4 Å². The Labute approximate surface area is 145 Å². The highest BCUT2D eigenvalue weighted by Crippen LogP contribution is 2.33. The van der Waals surface area contributed by atoms with Crippen LogP contribution < -0.4 is 5.32 Å². The van der Waals surface area contributed by atoms with Crippen molar-refractivity contribution < 1.29 is 13.9 Å².